The SMILES string of the molecule is CCCNC(Cc1cnn(C)c1)c1c(F)cccc1Cl. The third kappa shape index (κ3) is 3.58. The number of nitrogens with one attached hydrogen (secondary N) is 1. The quantitative estimate of drug-likeness (QED) is 0.884. The molecule has 3 nitrogen and oxygen atoms in total. The maximum atomic E-state index is 14.1. The van der Waals surface area contributed by atoms with Crippen LogP contribution in [-0.2, 0) is 13.5 Å². The van der Waals surface area contributed by atoms with Gasteiger partial charge in [-0.2, -0.15) is 5.10 Å². The molecule has 108 valence electrons. The van der Waals surface area contributed by atoms with Crippen LogP contribution in [0, 0.1) is 5.82 Å². The summed E-state index contributed by atoms with van der Waals surface area (Å²) in [5.74, 6) is -0.269. The zero-order valence-corrected chi connectivity index (χ0v) is 12.5. The molecule has 0 radical (unpaired) electrons. The fourth-order valence-electron chi connectivity index (χ4n) is 2.25. The van der Waals surface area contributed by atoms with Gasteiger partial charge >= 0.3 is 0 Å². The molecular formula is C15H19ClFN3. The van der Waals surface area contributed by atoms with E-state index in [1.165, 1.54) is 6.07 Å². The predicted molar refractivity (Wildman–Crippen MR) is 79.4 cm³/mol. The monoisotopic (exact) mass is 295 g/mol. The van der Waals surface area contributed by atoms with Crippen molar-refractivity contribution in [3.05, 3.63) is 52.6 Å². The lowest BCUT2D eigenvalue weighted by Gasteiger charge is -2.20. The molecule has 0 spiro atoms. The lowest BCUT2D eigenvalue weighted by molar-refractivity contribution is 0.497. The molecule has 2 rings (SSSR count). The van der Waals surface area contributed by atoms with Crippen molar-refractivity contribution in [3.8, 4) is 0 Å². The van der Waals surface area contributed by atoms with Gasteiger partial charge in [0.05, 0.1) is 6.20 Å². The van der Waals surface area contributed by atoms with Crippen LogP contribution in [0.25, 0.3) is 0 Å². The van der Waals surface area contributed by atoms with Gasteiger partial charge in [-0.3, -0.25) is 4.68 Å². The molecule has 0 bridgehead atoms. The van der Waals surface area contributed by atoms with Crippen molar-refractivity contribution in [1.29, 1.82) is 0 Å². The van der Waals surface area contributed by atoms with Crippen LogP contribution in [0.4, 0.5) is 4.39 Å². The van der Waals surface area contributed by atoms with Crippen LogP contribution in [-0.4, -0.2) is 16.3 Å². The Kier molecular flexibility index (Phi) is 5.15. The first-order valence-corrected chi connectivity index (χ1v) is 7.14. The van der Waals surface area contributed by atoms with Crippen LogP contribution >= 0.6 is 11.6 Å². The minimum absolute atomic E-state index is 0.146. The summed E-state index contributed by atoms with van der Waals surface area (Å²) in [6.45, 7) is 2.90. The van der Waals surface area contributed by atoms with E-state index in [4.69, 9.17) is 11.6 Å². The summed E-state index contributed by atoms with van der Waals surface area (Å²) in [7, 11) is 1.87. The molecule has 1 heterocycles. The Labute approximate surface area is 123 Å². The Hall–Kier alpha value is -1.39. The first kappa shape index (κ1) is 15.0. The van der Waals surface area contributed by atoms with Gasteiger partial charge in [0.25, 0.3) is 0 Å². The topological polar surface area (TPSA) is 29.9 Å². The number of aryl methyl sites for hydroxylation is 1. The number of hydrogen-bond donors (Lipinski definition) is 1. The molecular weight excluding hydrogens is 277 g/mol. The molecule has 0 saturated carbocycles. The summed E-state index contributed by atoms with van der Waals surface area (Å²) in [6.07, 6.45) is 5.38. The molecule has 0 amide bonds. The van der Waals surface area contributed by atoms with Gasteiger partial charge in [-0.05, 0) is 37.1 Å². The van der Waals surface area contributed by atoms with Gasteiger partial charge in [-0.1, -0.05) is 24.6 Å². The van der Waals surface area contributed by atoms with Crippen molar-refractivity contribution in [3.63, 3.8) is 0 Å². The van der Waals surface area contributed by atoms with Crippen LogP contribution in [0.15, 0.2) is 30.6 Å². The van der Waals surface area contributed by atoms with Crippen LogP contribution in [0.5, 0.6) is 0 Å². The number of halogens is 2. The molecule has 0 aliphatic rings. The van der Waals surface area contributed by atoms with Crippen LogP contribution in [0.1, 0.15) is 30.5 Å². The van der Waals surface area contributed by atoms with Crippen molar-refractivity contribution in [2.75, 3.05) is 6.54 Å². The molecule has 0 aliphatic carbocycles. The van der Waals surface area contributed by atoms with Crippen molar-refractivity contribution in [2.45, 2.75) is 25.8 Å². The molecule has 0 aliphatic heterocycles. The summed E-state index contributed by atoms with van der Waals surface area (Å²) >= 11 is 6.17. The average molecular weight is 296 g/mol. The predicted octanol–water partition coefficient (Wildman–Crippen LogP) is 3.50. The number of aromatic nitrogens is 2. The average Bonchev–Trinajstić information content (AvgIpc) is 2.81. The van der Waals surface area contributed by atoms with E-state index in [0.29, 0.717) is 17.0 Å². The zero-order valence-electron chi connectivity index (χ0n) is 11.7. The maximum Gasteiger partial charge on any atom is 0.129 e. The van der Waals surface area contributed by atoms with E-state index in [0.717, 1.165) is 18.5 Å². The number of nitrogens with zero attached hydrogens (tertiary/aromatic N) is 2. The second-order valence-electron chi connectivity index (χ2n) is 4.87. The molecule has 20 heavy (non-hydrogen) atoms. The first-order chi connectivity index (χ1) is 9.61. The maximum absolute atomic E-state index is 14.1. The molecule has 0 saturated heterocycles. The van der Waals surface area contributed by atoms with E-state index in [9.17, 15) is 4.39 Å². The molecule has 1 aromatic heterocycles. The lowest BCUT2D eigenvalue weighted by Crippen LogP contribution is -2.25. The van der Waals surface area contributed by atoms with E-state index < -0.39 is 0 Å². The summed E-state index contributed by atoms with van der Waals surface area (Å²) in [4.78, 5) is 0. The molecule has 5 heteroatoms. The number of rotatable bonds is 6. The summed E-state index contributed by atoms with van der Waals surface area (Å²) < 4.78 is 15.8. The second kappa shape index (κ2) is 6.86. The highest BCUT2D eigenvalue weighted by molar-refractivity contribution is 6.31. The van der Waals surface area contributed by atoms with Gasteiger partial charge in [-0.15, -0.1) is 0 Å². The van der Waals surface area contributed by atoms with Gasteiger partial charge in [0.1, 0.15) is 5.82 Å². The normalized spacial score (nSPS) is 12.6. The molecule has 0 fully saturated rings. The van der Waals surface area contributed by atoms with Gasteiger partial charge in [0, 0.05) is 29.9 Å². The highest BCUT2D eigenvalue weighted by atomic mass is 35.5. The van der Waals surface area contributed by atoms with Crippen molar-refractivity contribution < 1.29 is 4.39 Å². The lowest BCUT2D eigenvalue weighted by atomic mass is 10.00. The summed E-state index contributed by atoms with van der Waals surface area (Å²) in [6, 6.07) is 4.66. The minimum atomic E-state index is -0.269. The highest BCUT2D eigenvalue weighted by Crippen LogP contribution is 2.28. The van der Waals surface area contributed by atoms with Gasteiger partial charge in [0.2, 0.25) is 0 Å². The third-order valence-electron chi connectivity index (χ3n) is 3.19. The third-order valence-corrected chi connectivity index (χ3v) is 3.52. The number of hydrogen-bond acceptors (Lipinski definition) is 2. The van der Waals surface area contributed by atoms with E-state index in [1.807, 2.05) is 13.2 Å². The first-order valence-electron chi connectivity index (χ1n) is 6.76. The van der Waals surface area contributed by atoms with Crippen molar-refractivity contribution >= 4 is 11.6 Å². The van der Waals surface area contributed by atoms with Gasteiger partial charge in [0.15, 0.2) is 0 Å². The van der Waals surface area contributed by atoms with Gasteiger partial charge in [-0.25, -0.2) is 4.39 Å². The van der Waals surface area contributed by atoms with Crippen molar-refractivity contribution in [2.24, 2.45) is 7.05 Å². The van der Waals surface area contributed by atoms with E-state index in [-0.39, 0.29) is 11.9 Å². The second-order valence-corrected chi connectivity index (χ2v) is 5.28. The largest absolute Gasteiger partial charge is 0.310 e. The Morgan fingerprint density at radius 2 is 2.25 bits per heavy atom. The van der Waals surface area contributed by atoms with Crippen LogP contribution in [0.2, 0.25) is 5.02 Å². The van der Waals surface area contributed by atoms with E-state index in [2.05, 4.69) is 17.3 Å². The molecule has 2 aromatic rings. The van der Waals surface area contributed by atoms with E-state index in [1.54, 1.807) is 23.0 Å². The Morgan fingerprint density at radius 1 is 1.45 bits per heavy atom. The summed E-state index contributed by atoms with van der Waals surface area (Å²) in [5, 5.41) is 7.97. The molecule has 1 aromatic carbocycles. The smallest absolute Gasteiger partial charge is 0.129 e. The fraction of sp³-hybridized carbons (Fsp3) is 0.400. The standard InChI is InChI=1S/C15H19ClFN3/c1-3-7-18-14(8-11-9-19-20(2)10-11)15-12(16)5-4-6-13(15)17/h4-6,9-10,14,18H,3,7-8H2,1-2H3. The minimum Gasteiger partial charge on any atom is -0.310 e. The van der Waals surface area contributed by atoms with E-state index >= 15 is 0 Å². The molecule has 1 unspecified atom stereocenters. The zero-order chi connectivity index (χ0) is 14.5. The Morgan fingerprint density at radius 3 is 2.85 bits per heavy atom. The van der Waals surface area contributed by atoms with Gasteiger partial charge < -0.3 is 5.32 Å². The van der Waals surface area contributed by atoms with Crippen molar-refractivity contribution in [1.82, 2.24) is 15.1 Å². The summed E-state index contributed by atoms with van der Waals surface area (Å²) in [5.41, 5.74) is 1.59. The fourth-order valence-corrected chi connectivity index (χ4v) is 2.55. The highest BCUT2D eigenvalue weighted by Gasteiger charge is 2.19. The van der Waals surface area contributed by atoms with Crippen LogP contribution in [0.3, 0.4) is 0 Å². The molecule has 1 atom stereocenters. The Balaban J connectivity index is 2.27. The van der Waals surface area contributed by atoms with Crippen LogP contribution < -0.4 is 5.32 Å². The number of benzene rings is 1. The molecule has 1 N–H and O–H groups in total. The Bertz CT molecular complexity index is 548.